The summed E-state index contributed by atoms with van der Waals surface area (Å²) in [5.74, 6) is 0.148. The molecule has 2 heterocycles. The lowest BCUT2D eigenvalue weighted by Crippen LogP contribution is -2.41. The van der Waals surface area contributed by atoms with E-state index in [-0.39, 0.29) is 27.6 Å². The number of rotatable bonds is 4. The maximum atomic E-state index is 12.9. The van der Waals surface area contributed by atoms with Gasteiger partial charge in [-0.3, -0.25) is 14.6 Å². The van der Waals surface area contributed by atoms with Gasteiger partial charge >= 0.3 is 5.69 Å². The Hall–Kier alpha value is -2.46. The van der Waals surface area contributed by atoms with Gasteiger partial charge in [-0.25, -0.2) is 13.2 Å². The van der Waals surface area contributed by atoms with Crippen molar-refractivity contribution in [3.63, 3.8) is 0 Å². The molecule has 140 valence electrons. The molecule has 10 heteroatoms. The van der Waals surface area contributed by atoms with Gasteiger partial charge in [-0.05, 0) is 37.0 Å². The van der Waals surface area contributed by atoms with Crippen molar-refractivity contribution < 1.29 is 13.2 Å². The minimum Gasteiger partial charge on any atom is -0.356 e. The first-order chi connectivity index (χ1) is 12.3. The standard InChI is InChI=1S/C16H20N4O5S/c1-10(21)17-9-11-4-6-20(7-5-11)26(24,25)12-2-3-14-13(8-12)15(22)19-16(23)18-14/h2-3,8,11H,4-7,9H2,1H3,(H,17,21)(H2,18,19,22,23). The molecule has 3 N–H and O–H groups in total. The Labute approximate surface area is 149 Å². The van der Waals surface area contributed by atoms with Gasteiger partial charge in [-0.1, -0.05) is 0 Å². The van der Waals surface area contributed by atoms with E-state index in [9.17, 15) is 22.8 Å². The van der Waals surface area contributed by atoms with Crippen LogP contribution in [-0.4, -0.2) is 48.2 Å². The predicted molar refractivity (Wildman–Crippen MR) is 95.4 cm³/mol. The third kappa shape index (κ3) is 3.70. The molecule has 2 aromatic rings. The highest BCUT2D eigenvalue weighted by Crippen LogP contribution is 2.24. The summed E-state index contributed by atoms with van der Waals surface area (Å²) in [6, 6.07) is 4.08. The number of nitrogens with one attached hydrogen (secondary N) is 3. The third-order valence-electron chi connectivity index (χ3n) is 4.56. The van der Waals surface area contributed by atoms with Crippen LogP contribution in [0.1, 0.15) is 19.8 Å². The fourth-order valence-corrected chi connectivity index (χ4v) is 4.59. The summed E-state index contributed by atoms with van der Waals surface area (Å²) in [6.45, 7) is 2.70. The van der Waals surface area contributed by atoms with Crippen LogP contribution in [0.2, 0.25) is 0 Å². The second-order valence-electron chi connectivity index (χ2n) is 6.40. The average molecular weight is 380 g/mol. The molecule has 1 aromatic heterocycles. The van der Waals surface area contributed by atoms with Crippen molar-refractivity contribution in [2.75, 3.05) is 19.6 Å². The number of piperidine rings is 1. The van der Waals surface area contributed by atoms with E-state index in [0.717, 1.165) is 0 Å². The van der Waals surface area contributed by atoms with Crippen molar-refractivity contribution in [2.24, 2.45) is 5.92 Å². The van der Waals surface area contributed by atoms with Gasteiger partial charge in [0.15, 0.2) is 0 Å². The number of fused-ring (bicyclic) bond motifs is 1. The zero-order chi connectivity index (χ0) is 18.9. The van der Waals surface area contributed by atoms with Crippen LogP contribution in [0.25, 0.3) is 10.9 Å². The predicted octanol–water partition coefficient (Wildman–Crippen LogP) is -0.247. The second kappa shape index (κ2) is 7.04. The monoisotopic (exact) mass is 380 g/mol. The maximum absolute atomic E-state index is 12.9. The van der Waals surface area contributed by atoms with Gasteiger partial charge < -0.3 is 10.3 Å². The molecule has 0 unspecified atom stereocenters. The number of hydrogen-bond acceptors (Lipinski definition) is 5. The first-order valence-corrected chi connectivity index (χ1v) is 9.72. The summed E-state index contributed by atoms with van der Waals surface area (Å²) in [6.07, 6.45) is 1.31. The number of aromatic amines is 2. The lowest BCUT2D eigenvalue weighted by atomic mass is 9.98. The molecule has 26 heavy (non-hydrogen) atoms. The topological polar surface area (TPSA) is 132 Å². The third-order valence-corrected chi connectivity index (χ3v) is 6.46. The maximum Gasteiger partial charge on any atom is 0.326 e. The van der Waals surface area contributed by atoms with Crippen LogP contribution < -0.4 is 16.6 Å². The number of sulfonamides is 1. The van der Waals surface area contributed by atoms with Gasteiger partial charge in [0.1, 0.15) is 0 Å². The molecular weight excluding hydrogens is 360 g/mol. The molecule has 1 aliphatic rings. The van der Waals surface area contributed by atoms with Gasteiger partial charge in [-0.2, -0.15) is 4.31 Å². The van der Waals surface area contributed by atoms with Gasteiger partial charge in [0.2, 0.25) is 15.9 Å². The molecule has 1 aromatic carbocycles. The minimum atomic E-state index is -3.73. The number of carbonyl (C=O) groups excluding carboxylic acids is 1. The molecule has 9 nitrogen and oxygen atoms in total. The van der Waals surface area contributed by atoms with E-state index in [1.807, 2.05) is 0 Å². The first-order valence-electron chi connectivity index (χ1n) is 8.28. The molecule has 0 spiro atoms. The van der Waals surface area contributed by atoms with Crippen LogP contribution in [0.5, 0.6) is 0 Å². The Bertz CT molecular complexity index is 1050. The highest BCUT2D eigenvalue weighted by molar-refractivity contribution is 7.89. The van der Waals surface area contributed by atoms with E-state index in [1.54, 1.807) is 0 Å². The number of aromatic nitrogens is 2. The van der Waals surface area contributed by atoms with E-state index in [0.29, 0.717) is 32.5 Å². The lowest BCUT2D eigenvalue weighted by Gasteiger charge is -2.31. The molecule has 0 aliphatic carbocycles. The summed E-state index contributed by atoms with van der Waals surface area (Å²) in [5.41, 5.74) is -0.985. The second-order valence-corrected chi connectivity index (χ2v) is 8.34. The van der Waals surface area contributed by atoms with Crippen LogP contribution in [0, 0.1) is 5.92 Å². The lowest BCUT2D eigenvalue weighted by molar-refractivity contribution is -0.119. The number of H-pyrrole nitrogens is 2. The fraction of sp³-hybridized carbons (Fsp3) is 0.438. The van der Waals surface area contributed by atoms with Crippen molar-refractivity contribution in [3.05, 3.63) is 39.0 Å². The van der Waals surface area contributed by atoms with E-state index in [2.05, 4.69) is 15.3 Å². The van der Waals surface area contributed by atoms with Crippen molar-refractivity contribution in [3.8, 4) is 0 Å². The van der Waals surface area contributed by atoms with E-state index >= 15 is 0 Å². The van der Waals surface area contributed by atoms with Gasteiger partial charge in [0.25, 0.3) is 5.56 Å². The SMILES string of the molecule is CC(=O)NCC1CCN(S(=O)(=O)c2ccc3[nH]c(=O)[nH]c(=O)c3c2)CC1. The van der Waals surface area contributed by atoms with Gasteiger partial charge in [0.05, 0.1) is 15.8 Å². The molecule has 0 saturated carbocycles. The number of hydrogen-bond donors (Lipinski definition) is 3. The number of amides is 1. The Kier molecular flexibility index (Phi) is 4.97. The summed E-state index contributed by atoms with van der Waals surface area (Å²) in [7, 11) is -3.73. The molecule has 1 amide bonds. The molecule has 3 rings (SSSR count). The Morgan fingerprint density at radius 2 is 1.92 bits per heavy atom. The zero-order valence-corrected chi connectivity index (χ0v) is 15.1. The van der Waals surface area contributed by atoms with Gasteiger partial charge in [-0.15, -0.1) is 0 Å². The molecule has 1 fully saturated rings. The van der Waals surface area contributed by atoms with E-state index in [1.165, 1.54) is 29.4 Å². The average Bonchev–Trinajstić information content (AvgIpc) is 2.60. The van der Waals surface area contributed by atoms with Crippen molar-refractivity contribution in [1.29, 1.82) is 0 Å². The summed E-state index contributed by atoms with van der Waals surface area (Å²) in [5, 5.41) is 2.87. The fourth-order valence-electron chi connectivity index (χ4n) is 3.10. The summed E-state index contributed by atoms with van der Waals surface area (Å²) in [4.78, 5) is 38.8. The van der Waals surface area contributed by atoms with Crippen LogP contribution >= 0.6 is 0 Å². The van der Waals surface area contributed by atoms with Crippen molar-refractivity contribution >= 4 is 26.8 Å². The van der Waals surface area contributed by atoms with E-state index in [4.69, 9.17) is 0 Å². The zero-order valence-electron chi connectivity index (χ0n) is 14.2. The Balaban J connectivity index is 1.81. The summed E-state index contributed by atoms with van der Waals surface area (Å²) < 4.78 is 27.1. The highest BCUT2D eigenvalue weighted by atomic mass is 32.2. The molecule has 1 saturated heterocycles. The van der Waals surface area contributed by atoms with Crippen molar-refractivity contribution in [2.45, 2.75) is 24.7 Å². The van der Waals surface area contributed by atoms with Crippen LogP contribution in [0.4, 0.5) is 0 Å². The van der Waals surface area contributed by atoms with Crippen LogP contribution in [-0.2, 0) is 14.8 Å². The largest absolute Gasteiger partial charge is 0.356 e. The quantitative estimate of drug-likeness (QED) is 0.673. The first kappa shape index (κ1) is 18.3. The van der Waals surface area contributed by atoms with Crippen LogP contribution in [0.3, 0.4) is 0 Å². The van der Waals surface area contributed by atoms with Gasteiger partial charge in [0, 0.05) is 26.6 Å². The Morgan fingerprint density at radius 3 is 2.58 bits per heavy atom. The van der Waals surface area contributed by atoms with E-state index < -0.39 is 21.3 Å². The minimum absolute atomic E-state index is 0.0165. The van der Waals surface area contributed by atoms with Crippen LogP contribution in [0.15, 0.2) is 32.7 Å². The highest BCUT2D eigenvalue weighted by Gasteiger charge is 2.29. The summed E-state index contributed by atoms with van der Waals surface area (Å²) >= 11 is 0. The molecule has 0 radical (unpaired) electrons. The molecule has 1 aliphatic heterocycles. The Morgan fingerprint density at radius 1 is 1.23 bits per heavy atom. The molecule has 0 bridgehead atoms. The molecular formula is C16H20N4O5S. The number of benzene rings is 1. The number of carbonyl (C=O) groups is 1. The normalized spacial score (nSPS) is 16.7. The smallest absolute Gasteiger partial charge is 0.326 e. The molecule has 0 atom stereocenters. The van der Waals surface area contributed by atoms with Crippen molar-refractivity contribution in [1.82, 2.24) is 19.6 Å². The number of nitrogens with zero attached hydrogens (tertiary/aromatic N) is 1.